The molecule has 0 unspecified atom stereocenters. The second kappa shape index (κ2) is 18.5. The van der Waals surface area contributed by atoms with Crippen LogP contribution in [0.3, 0.4) is 0 Å². The van der Waals surface area contributed by atoms with Crippen molar-refractivity contribution in [3.05, 3.63) is 39.9 Å². The van der Waals surface area contributed by atoms with Gasteiger partial charge in [-0.2, -0.15) is 5.10 Å². The van der Waals surface area contributed by atoms with Crippen molar-refractivity contribution in [2.45, 2.75) is 110 Å². The van der Waals surface area contributed by atoms with Gasteiger partial charge in [0.25, 0.3) is 5.69 Å². The van der Waals surface area contributed by atoms with Crippen molar-refractivity contribution in [1.82, 2.24) is 5.43 Å². The predicted octanol–water partition coefficient (Wildman–Crippen LogP) is 7.31. The largest absolute Gasteiger partial charge is 0.278 e. The van der Waals surface area contributed by atoms with Gasteiger partial charge in [0.1, 0.15) is 0 Å². The maximum absolute atomic E-state index is 11.8. The molecular formula is C25H41N3O3. The van der Waals surface area contributed by atoms with E-state index in [1.807, 2.05) is 0 Å². The second-order valence-electron chi connectivity index (χ2n) is 8.31. The van der Waals surface area contributed by atoms with Crippen molar-refractivity contribution in [1.29, 1.82) is 0 Å². The van der Waals surface area contributed by atoms with Gasteiger partial charge in [0, 0.05) is 12.5 Å². The zero-order valence-electron chi connectivity index (χ0n) is 19.3. The number of para-hydroxylation sites is 1. The monoisotopic (exact) mass is 431 g/mol. The molecule has 0 spiro atoms. The van der Waals surface area contributed by atoms with Crippen molar-refractivity contribution >= 4 is 17.8 Å². The molecule has 0 aliphatic heterocycles. The summed E-state index contributed by atoms with van der Waals surface area (Å²) in [6.07, 6.45) is 21.2. The van der Waals surface area contributed by atoms with Gasteiger partial charge in [-0.1, -0.05) is 109 Å². The van der Waals surface area contributed by atoms with Crippen LogP contribution < -0.4 is 5.43 Å². The lowest BCUT2D eigenvalue weighted by molar-refractivity contribution is -0.385. The Labute approximate surface area is 188 Å². The molecule has 0 radical (unpaired) electrons. The summed E-state index contributed by atoms with van der Waals surface area (Å²) in [5, 5.41) is 14.8. The standard InChI is InChI=1S/C25H41N3O3/c1-2-3-4-5-6-7-8-9-10-11-12-13-14-15-16-21-25(29)27-26-22-23-19-17-18-20-24(23)28(30)31/h17-20,22H,2-16,21H2,1H3,(H,27,29). The Morgan fingerprint density at radius 1 is 0.871 bits per heavy atom. The highest BCUT2D eigenvalue weighted by atomic mass is 16.6. The fraction of sp³-hybridized carbons (Fsp3) is 0.680. The number of hydrogen-bond donors (Lipinski definition) is 1. The summed E-state index contributed by atoms with van der Waals surface area (Å²) in [7, 11) is 0. The number of amides is 1. The Balaban J connectivity index is 1.93. The van der Waals surface area contributed by atoms with Crippen molar-refractivity contribution in [2.75, 3.05) is 0 Å². The van der Waals surface area contributed by atoms with Crippen molar-refractivity contribution in [3.63, 3.8) is 0 Å². The smallest absolute Gasteiger partial charge is 0.273 e. The van der Waals surface area contributed by atoms with Crippen LogP contribution in [0.2, 0.25) is 0 Å². The van der Waals surface area contributed by atoms with E-state index in [0.29, 0.717) is 12.0 Å². The van der Waals surface area contributed by atoms with Crippen LogP contribution in [0, 0.1) is 10.1 Å². The van der Waals surface area contributed by atoms with Gasteiger partial charge in [0.15, 0.2) is 0 Å². The highest BCUT2D eigenvalue weighted by Gasteiger charge is 2.10. The van der Waals surface area contributed by atoms with E-state index >= 15 is 0 Å². The molecule has 0 aromatic heterocycles. The Morgan fingerprint density at radius 3 is 1.87 bits per heavy atom. The SMILES string of the molecule is CCCCCCCCCCCCCCCCCC(=O)NN=Cc1ccccc1[N+](=O)[O-]. The highest BCUT2D eigenvalue weighted by Crippen LogP contribution is 2.15. The topological polar surface area (TPSA) is 84.6 Å². The minimum atomic E-state index is -0.460. The molecule has 0 saturated carbocycles. The number of nitrogens with one attached hydrogen (secondary N) is 1. The molecule has 0 heterocycles. The fourth-order valence-corrected chi connectivity index (χ4v) is 3.65. The number of nitrogens with zero attached hydrogens (tertiary/aromatic N) is 2. The summed E-state index contributed by atoms with van der Waals surface area (Å²) in [6, 6.07) is 6.32. The average Bonchev–Trinajstić information content (AvgIpc) is 2.76. The Hall–Kier alpha value is -2.24. The van der Waals surface area contributed by atoms with Crippen LogP contribution in [0.1, 0.15) is 115 Å². The minimum absolute atomic E-state index is 0.0251. The molecule has 1 aromatic rings. The van der Waals surface area contributed by atoms with Gasteiger partial charge in [0.05, 0.1) is 16.7 Å². The van der Waals surface area contributed by atoms with Gasteiger partial charge >= 0.3 is 0 Å². The van der Waals surface area contributed by atoms with E-state index in [4.69, 9.17) is 0 Å². The van der Waals surface area contributed by atoms with Crippen molar-refractivity contribution in [3.8, 4) is 0 Å². The quantitative estimate of drug-likeness (QED) is 0.108. The number of benzene rings is 1. The lowest BCUT2D eigenvalue weighted by atomic mass is 10.0. The van der Waals surface area contributed by atoms with E-state index in [-0.39, 0.29) is 11.6 Å². The number of hydrogen-bond acceptors (Lipinski definition) is 4. The van der Waals surface area contributed by atoms with E-state index in [9.17, 15) is 14.9 Å². The predicted molar refractivity (Wildman–Crippen MR) is 128 cm³/mol. The van der Waals surface area contributed by atoms with Gasteiger partial charge < -0.3 is 0 Å². The Kier molecular flexibility index (Phi) is 16.0. The van der Waals surface area contributed by atoms with Crippen LogP contribution in [0.15, 0.2) is 29.4 Å². The van der Waals surface area contributed by atoms with Crippen LogP contribution in [0.4, 0.5) is 5.69 Å². The van der Waals surface area contributed by atoms with E-state index in [1.165, 1.54) is 95.8 Å². The van der Waals surface area contributed by atoms with Crippen molar-refractivity contribution < 1.29 is 9.72 Å². The molecular weight excluding hydrogens is 390 g/mol. The van der Waals surface area contributed by atoms with Crippen molar-refractivity contribution in [2.24, 2.45) is 5.10 Å². The van der Waals surface area contributed by atoms with E-state index in [2.05, 4.69) is 17.5 Å². The molecule has 1 rings (SSSR count). The third kappa shape index (κ3) is 14.4. The second-order valence-corrected chi connectivity index (χ2v) is 8.31. The number of carbonyl (C=O) groups excluding carboxylic acids is 1. The van der Waals surface area contributed by atoms with Crippen LogP contribution >= 0.6 is 0 Å². The van der Waals surface area contributed by atoms with Crippen LogP contribution in [-0.4, -0.2) is 17.0 Å². The fourth-order valence-electron chi connectivity index (χ4n) is 3.65. The van der Waals surface area contributed by atoms with Gasteiger partial charge in [-0.25, -0.2) is 5.43 Å². The molecule has 0 atom stereocenters. The molecule has 1 N–H and O–H groups in total. The van der Waals surface area contributed by atoms with Crippen LogP contribution in [0.5, 0.6) is 0 Å². The van der Waals surface area contributed by atoms with E-state index < -0.39 is 4.92 Å². The minimum Gasteiger partial charge on any atom is -0.273 e. The lowest BCUT2D eigenvalue weighted by Crippen LogP contribution is -2.17. The molecule has 174 valence electrons. The molecule has 0 fully saturated rings. The Morgan fingerprint density at radius 2 is 1.35 bits per heavy atom. The summed E-state index contributed by atoms with van der Waals surface area (Å²) in [5.74, 6) is -0.149. The number of nitro benzene ring substituents is 1. The summed E-state index contributed by atoms with van der Waals surface area (Å²) in [6.45, 7) is 2.26. The molecule has 1 amide bonds. The van der Waals surface area contributed by atoms with Crippen LogP contribution in [-0.2, 0) is 4.79 Å². The first-order valence-electron chi connectivity index (χ1n) is 12.2. The zero-order chi connectivity index (χ0) is 22.6. The summed E-state index contributed by atoms with van der Waals surface area (Å²) in [5.41, 5.74) is 2.80. The molecule has 1 aromatic carbocycles. The third-order valence-corrected chi connectivity index (χ3v) is 5.53. The van der Waals surface area contributed by atoms with Gasteiger partial charge in [-0.3, -0.25) is 14.9 Å². The maximum atomic E-state index is 11.8. The first-order chi connectivity index (χ1) is 15.1. The highest BCUT2D eigenvalue weighted by molar-refractivity contribution is 5.86. The number of hydrazone groups is 1. The molecule has 31 heavy (non-hydrogen) atoms. The van der Waals surface area contributed by atoms with Gasteiger partial charge in [0.2, 0.25) is 5.91 Å². The maximum Gasteiger partial charge on any atom is 0.278 e. The summed E-state index contributed by atoms with van der Waals surface area (Å²) < 4.78 is 0. The average molecular weight is 432 g/mol. The first-order valence-corrected chi connectivity index (χ1v) is 12.2. The molecule has 6 heteroatoms. The summed E-state index contributed by atoms with van der Waals surface area (Å²) >= 11 is 0. The molecule has 0 bridgehead atoms. The molecule has 0 saturated heterocycles. The molecule has 0 aliphatic rings. The normalized spacial score (nSPS) is 11.1. The number of nitro groups is 1. The third-order valence-electron chi connectivity index (χ3n) is 5.53. The number of carbonyl (C=O) groups is 1. The first kappa shape index (κ1) is 26.8. The van der Waals surface area contributed by atoms with Gasteiger partial charge in [-0.05, 0) is 12.5 Å². The van der Waals surface area contributed by atoms with E-state index in [1.54, 1.807) is 18.2 Å². The molecule has 6 nitrogen and oxygen atoms in total. The lowest BCUT2D eigenvalue weighted by Gasteiger charge is -2.03. The molecule has 0 aliphatic carbocycles. The van der Waals surface area contributed by atoms with E-state index in [0.717, 1.165) is 12.8 Å². The Bertz CT molecular complexity index is 647. The number of unbranched alkanes of at least 4 members (excludes halogenated alkanes) is 14. The summed E-state index contributed by atoms with van der Waals surface area (Å²) in [4.78, 5) is 22.3. The number of rotatable bonds is 19. The zero-order valence-corrected chi connectivity index (χ0v) is 19.3. The van der Waals surface area contributed by atoms with Gasteiger partial charge in [-0.15, -0.1) is 0 Å². The van der Waals surface area contributed by atoms with Crippen LogP contribution in [0.25, 0.3) is 0 Å².